The van der Waals surface area contributed by atoms with Crippen LogP contribution in [0.1, 0.15) is 64.5 Å². The highest BCUT2D eigenvalue weighted by Gasteiger charge is 2.29. The molecule has 198 valence electrons. The maximum atomic E-state index is 13.4. The zero-order valence-corrected chi connectivity index (χ0v) is 23.1. The Labute approximate surface area is 216 Å². The van der Waals surface area contributed by atoms with Crippen molar-refractivity contribution in [2.75, 3.05) is 17.1 Å². The Kier molecular flexibility index (Phi) is 11.4. The molecule has 0 bridgehead atoms. The largest absolute Gasteiger partial charge is 0.352 e. The van der Waals surface area contributed by atoms with Crippen molar-refractivity contribution < 1.29 is 18.0 Å². The number of hydrogen-bond donors (Lipinski definition) is 1. The molecule has 0 spiro atoms. The maximum absolute atomic E-state index is 13.4. The van der Waals surface area contributed by atoms with Gasteiger partial charge in [0.1, 0.15) is 6.04 Å². The first kappa shape index (κ1) is 29.4. The van der Waals surface area contributed by atoms with E-state index in [0.717, 1.165) is 24.0 Å². The van der Waals surface area contributed by atoms with Crippen LogP contribution in [0, 0.1) is 0 Å². The second-order valence-electron chi connectivity index (χ2n) is 9.21. The van der Waals surface area contributed by atoms with Gasteiger partial charge in [0, 0.05) is 25.6 Å². The summed E-state index contributed by atoms with van der Waals surface area (Å²) in [6, 6.07) is 16.5. The number of amides is 2. The van der Waals surface area contributed by atoms with Crippen molar-refractivity contribution >= 4 is 27.5 Å². The number of carbonyl (C=O) groups excluding carboxylic acids is 2. The van der Waals surface area contributed by atoms with E-state index in [0.29, 0.717) is 25.1 Å². The lowest BCUT2D eigenvalue weighted by Gasteiger charge is -2.32. The molecule has 8 heteroatoms. The molecule has 2 atom stereocenters. The molecule has 0 saturated heterocycles. The lowest BCUT2D eigenvalue weighted by molar-refractivity contribution is -0.141. The van der Waals surface area contributed by atoms with Gasteiger partial charge in [-0.05, 0) is 55.9 Å². The van der Waals surface area contributed by atoms with Crippen molar-refractivity contribution in [2.45, 2.75) is 78.4 Å². The second kappa shape index (κ2) is 14.0. The normalized spacial score (nSPS) is 13.0. The SMILES string of the molecule is CCc1ccc(N(CCCC(=O)N(Cc2ccccc2)[C@@H](CC)C(=O)N[C@H](C)CC)S(C)(=O)=O)cc1. The zero-order chi connectivity index (χ0) is 26.7. The van der Waals surface area contributed by atoms with Crippen LogP contribution in [0.4, 0.5) is 5.69 Å². The van der Waals surface area contributed by atoms with Gasteiger partial charge in [-0.3, -0.25) is 13.9 Å². The first-order valence-corrected chi connectivity index (χ1v) is 14.7. The standard InChI is InChI=1S/C28H41N3O4S/c1-6-22(4)29-28(33)26(8-3)30(21-24-13-10-9-11-14-24)27(32)15-12-20-31(36(5,34)35)25-18-16-23(7-2)17-19-25/h9-11,13-14,16-19,22,26H,6-8,12,15,20-21H2,1-5H3,(H,29,33)/t22-,26+/m1/s1. The van der Waals surface area contributed by atoms with Gasteiger partial charge in [-0.15, -0.1) is 0 Å². The first-order chi connectivity index (χ1) is 17.1. The van der Waals surface area contributed by atoms with Crippen LogP contribution in [0.3, 0.4) is 0 Å². The topological polar surface area (TPSA) is 86.8 Å². The smallest absolute Gasteiger partial charge is 0.243 e. The Balaban J connectivity index is 2.18. The number of carbonyl (C=O) groups is 2. The fourth-order valence-corrected chi connectivity index (χ4v) is 5.01. The highest BCUT2D eigenvalue weighted by Crippen LogP contribution is 2.20. The van der Waals surface area contributed by atoms with Crippen molar-refractivity contribution in [3.8, 4) is 0 Å². The molecule has 2 rings (SSSR count). The summed E-state index contributed by atoms with van der Waals surface area (Å²) < 4.78 is 26.3. The fraction of sp³-hybridized carbons (Fsp3) is 0.500. The van der Waals surface area contributed by atoms with Gasteiger partial charge in [0.05, 0.1) is 11.9 Å². The highest BCUT2D eigenvalue weighted by atomic mass is 32.2. The van der Waals surface area contributed by atoms with Gasteiger partial charge in [-0.1, -0.05) is 63.2 Å². The number of sulfonamides is 1. The molecule has 2 aromatic rings. The van der Waals surface area contributed by atoms with E-state index in [1.165, 1.54) is 10.6 Å². The van der Waals surface area contributed by atoms with E-state index in [4.69, 9.17) is 0 Å². The Morgan fingerprint density at radius 1 is 0.917 bits per heavy atom. The third-order valence-corrected chi connectivity index (χ3v) is 7.56. The monoisotopic (exact) mass is 515 g/mol. The van der Waals surface area contributed by atoms with Crippen molar-refractivity contribution in [3.05, 3.63) is 65.7 Å². The molecule has 0 aliphatic rings. The third kappa shape index (κ3) is 8.66. The number of aryl methyl sites for hydroxylation is 1. The lowest BCUT2D eigenvalue weighted by Crippen LogP contribution is -2.50. The average Bonchev–Trinajstić information content (AvgIpc) is 2.86. The van der Waals surface area contributed by atoms with Crippen LogP contribution in [0.2, 0.25) is 0 Å². The summed E-state index contributed by atoms with van der Waals surface area (Å²) in [7, 11) is -3.51. The van der Waals surface area contributed by atoms with E-state index >= 15 is 0 Å². The van der Waals surface area contributed by atoms with Crippen LogP contribution in [0.5, 0.6) is 0 Å². The molecule has 0 aliphatic carbocycles. The summed E-state index contributed by atoms with van der Waals surface area (Å²) in [5, 5.41) is 3.01. The van der Waals surface area contributed by atoms with Gasteiger partial charge in [0.25, 0.3) is 0 Å². The zero-order valence-electron chi connectivity index (χ0n) is 22.2. The molecule has 2 aromatic carbocycles. The number of nitrogens with zero attached hydrogens (tertiary/aromatic N) is 2. The number of rotatable bonds is 14. The van der Waals surface area contributed by atoms with E-state index in [1.54, 1.807) is 17.0 Å². The van der Waals surface area contributed by atoms with Crippen LogP contribution < -0.4 is 9.62 Å². The predicted molar refractivity (Wildman–Crippen MR) is 146 cm³/mol. The van der Waals surface area contributed by atoms with Crippen LogP contribution >= 0.6 is 0 Å². The average molecular weight is 516 g/mol. The molecule has 0 saturated carbocycles. The van der Waals surface area contributed by atoms with Gasteiger partial charge < -0.3 is 10.2 Å². The molecule has 0 aromatic heterocycles. The number of hydrogen-bond acceptors (Lipinski definition) is 4. The molecular formula is C28H41N3O4S. The van der Waals surface area contributed by atoms with Gasteiger partial charge in [-0.25, -0.2) is 8.42 Å². The first-order valence-electron chi connectivity index (χ1n) is 12.8. The molecular weight excluding hydrogens is 474 g/mol. The van der Waals surface area contributed by atoms with E-state index in [1.807, 2.05) is 70.2 Å². The van der Waals surface area contributed by atoms with Crippen LogP contribution in [-0.2, 0) is 32.6 Å². The minimum Gasteiger partial charge on any atom is -0.352 e. The minimum atomic E-state index is -3.51. The third-order valence-electron chi connectivity index (χ3n) is 6.37. The van der Waals surface area contributed by atoms with E-state index in [2.05, 4.69) is 5.32 Å². The Morgan fingerprint density at radius 2 is 1.56 bits per heavy atom. The number of anilines is 1. The van der Waals surface area contributed by atoms with Crippen molar-refractivity contribution in [3.63, 3.8) is 0 Å². The van der Waals surface area contributed by atoms with Gasteiger partial charge in [-0.2, -0.15) is 0 Å². The lowest BCUT2D eigenvalue weighted by atomic mass is 10.1. The predicted octanol–water partition coefficient (Wildman–Crippen LogP) is 4.52. The molecule has 0 heterocycles. The number of benzene rings is 2. The van der Waals surface area contributed by atoms with Crippen LogP contribution in [0.25, 0.3) is 0 Å². The highest BCUT2D eigenvalue weighted by molar-refractivity contribution is 7.92. The molecule has 0 aliphatic heterocycles. The molecule has 0 unspecified atom stereocenters. The van der Waals surface area contributed by atoms with E-state index in [-0.39, 0.29) is 30.8 Å². The van der Waals surface area contributed by atoms with Crippen molar-refractivity contribution in [2.24, 2.45) is 0 Å². The summed E-state index contributed by atoms with van der Waals surface area (Å²) in [4.78, 5) is 28.1. The van der Waals surface area contributed by atoms with Crippen molar-refractivity contribution in [1.29, 1.82) is 0 Å². The fourth-order valence-electron chi connectivity index (χ4n) is 4.04. The molecule has 0 fully saturated rings. The summed E-state index contributed by atoms with van der Waals surface area (Å²) in [6.07, 6.45) is 3.81. The Morgan fingerprint density at radius 3 is 2.08 bits per heavy atom. The quantitative estimate of drug-likeness (QED) is 0.401. The van der Waals surface area contributed by atoms with Crippen LogP contribution in [0.15, 0.2) is 54.6 Å². The summed E-state index contributed by atoms with van der Waals surface area (Å²) in [6.45, 7) is 8.40. The Hall–Kier alpha value is -2.87. The maximum Gasteiger partial charge on any atom is 0.243 e. The van der Waals surface area contributed by atoms with Gasteiger partial charge in [0.15, 0.2) is 0 Å². The molecule has 1 N–H and O–H groups in total. The van der Waals surface area contributed by atoms with Crippen LogP contribution in [-0.4, -0.2) is 50.0 Å². The van der Waals surface area contributed by atoms with Gasteiger partial charge >= 0.3 is 0 Å². The van der Waals surface area contributed by atoms with Crippen molar-refractivity contribution in [1.82, 2.24) is 10.2 Å². The molecule has 2 amide bonds. The van der Waals surface area contributed by atoms with E-state index < -0.39 is 16.1 Å². The molecule has 7 nitrogen and oxygen atoms in total. The number of nitrogens with one attached hydrogen (secondary N) is 1. The minimum absolute atomic E-state index is 0.0163. The summed E-state index contributed by atoms with van der Waals surface area (Å²) in [5.74, 6) is -0.329. The summed E-state index contributed by atoms with van der Waals surface area (Å²) in [5.41, 5.74) is 2.65. The van der Waals surface area contributed by atoms with Gasteiger partial charge in [0.2, 0.25) is 21.8 Å². The second-order valence-corrected chi connectivity index (χ2v) is 11.1. The summed E-state index contributed by atoms with van der Waals surface area (Å²) >= 11 is 0. The molecule has 0 radical (unpaired) electrons. The molecule has 36 heavy (non-hydrogen) atoms. The Bertz CT molecular complexity index is 1070. The van der Waals surface area contributed by atoms with E-state index in [9.17, 15) is 18.0 Å².